The molecule has 1 saturated carbocycles. The SMILES string of the molecule is CC1CCC(NS(=O)(=O)c2cc(CN)ccc2Br)C1C. The molecular weight excluding hydrogens is 340 g/mol. The highest BCUT2D eigenvalue weighted by molar-refractivity contribution is 9.10. The highest BCUT2D eigenvalue weighted by Gasteiger charge is 2.33. The number of sulfonamides is 1. The van der Waals surface area contributed by atoms with Crippen LogP contribution in [-0.4, -0.2) is 14.5 Å². The zero-order valence-electron chi connectivity index (χ0n) is 11.8. The van der Waals surface area contributed by atoms with Gasteiger partial charge in [0.05, 0.1) is 4.90 Å². The minimum Gasteiger partial charge on any atom is -0.326 e. The van der Waals surface area contributed by atoms with Crippen molar-refractivity contribution in [3.8, 4) is 0 Å². The Hall–Kier alpha value is -0.430. The highest BCUT2D eigenvalue weighted by Crippen LogP contribution is 2.33. The minimum atomic E-state index is -3.52. The summed E-state index contributed by atoms with van der Waals surface area (Å²) >= 11 is 3.31. The van der Waals surface area contributed by atoms with Crippen molar-refractivity contribution >= 4 is 26.0 Å². The van der Waals surface area contributed by atoms with Crippen LogP contribution in [0.1, 0.15) is 32.3 Å². The molecule has 20 heavy (non-hydrogen) atoms. The topological polar surface area (TPSA) is 72.2 Å². The standard InChI is InChI=1S/C14H21BrN2O2S/c1-9-3-6-13(10(9)2)17-20(18,19)14-7-11(8-16)4-5-12(14)15/h4-5,7,9-10,13,17H,3,6,8,16H2,1-2H3. The number of rotatable bonds is 4. The van der Waals surface area contributed by atoms with Gasteiger partial charge in [-0.1, -0.05) is 19.9 Å². The Morgan fingerprint density at radius 2 is 2.05 bits per heavy atom. The summed E-state index contributed by atoms with van der Waals surface area (Å²) in [6.45, 7) is 4.60. The van der Waals surface area contributed by atoms with Gasteiger partial charge in [0.15, 0.2) is 0 Å². The lowest BCUT2D eigenvalue weighted by molar-refractivity contribution is 0.402. The first kappa shape index (κ1) is 15.9. The van der Waals surface area contributed by atoms with Gasteiger partial charge in [-0.15, -0.1) is 0 Å². The van der Waals surface area contributed by atoms with E-state index in [1.165, 1.54) is 0 Å². The third-order valence-electron chi connectivity index (χ3n) is 4.29. The van der Waals surface area contributed by atoms with E-state index in [9.17, 15) is 8.42 Å². The summed E-state index contributed by atoms with van der Waals surface area (Å²) in [5.41, 5.74) is 6.39. The molecule has 0 bridgehead atoms. The first-order valence-electron chi connectivity index (χ1n) is 6.86. The van der Waals surface area contributed by atoms with Crippen molar-refractivity contribution in [3.63, 3.8) is 0 Å². The predicted molar refractivity (Wildman–Crippen MR) is 83.7 cm³/mol. The minimum absolute atomic E-state index is 0.0171. The molecule has 0 radical (unpaired) electrons. The van der Waals surface area contributed by atoms with Crippen LogP contribution in [0.4, 0.5) is 0 Å². The maximum Gasteiger partial charge on any atom is 0.241 e. The lowest BCUT2D eigenvalue weighted by Crippen LogP contribution is -2.37. The first-order chi connectivity index (χ1) is 9.35. The molecule has 3 unspecified atom stereocenters. The van der Waals surface area contributed by atoms with Gasteiger partial charge in [-0.25, -0.2) is 13.1 Å². The quantitative estimate of drug-likeness (QED) is 0.866. The molecular formula is C14H21BrN2O2S. The lowest BCUT2D eigenvalue weighted by Gasteiger charge is -2.20. The molecule has 2 rings (SSSR count). The fourth-order valence-corrected chi connectivity index (χ4v) is 5.05. The molecule has 0 amide bonds. The van der Waals surface area contributed by atoms with Crippen LogP contribution < -0.4 is 10.5 Å². The fourth-order valence-electron chi connectivity index (χ4n) is 2.67. The summed E-state index contributed by atoms with van der Waals surface area (Å²) < 4.78 is 28.5. The van der Waals surface area contributed by atoms with Crippen LogP contribution in [0.2, 0.25) is 0 Å². The van der Waals surface area contributed by atoms with E-state index in [2.05, 4.69) is 34.5 Å². The number of benzene rings is 1. The van der Waals surface area contributed by atoms with Gasteiger partial charge in [0.1, 0.15) is 0 Å². The predicted octanol–water partition coefficient (Wildman–Crippen LogP) is 2.62. The fraction of sp³-hybridized carbons (Fsp3) is 0.571. The molecule has 0 aliphatic heterocycles. The van der Waals surface area contributed by atoms with Crippen molar-refractivity contribution in [2.45, 2.75) is 44.2 Å². The second-order valence-corrected chi connectivity index (χ2v) is 8.15. The Morgan fingerprint density at radius 3 is 2.60 bits per heavy atom. The van der Waals surface area contributed by atoms with Crippen molar-refractivity contribution in [1.82, 2.24) is 4.72 Å². The summed E-state index contributed by atoms with van der Waals surface area (Å²) in [4.78, 5) is 0.271. The van der Waals surface area contributed by atoms with Crippen molar-refractivity contribution < 1.29 is 8.42 Å². The van der Waals surface area contributed by atoms with E-state index >= 15 is 0 Å². The molecule has 4 nitrogen and oxygen atoms in total. The molecule has 1 aliphatic carbocycles. The van der Waals surface area contributed by atoms with E-state index in [-0.39, 0.29) is 10.9 Å². The Balaban J connectivity index is 2.27. The van der Waals surface area contributed by atoms with E-state index in [0.717, 1.165) is 18.4 Å². The van der Waals surface area contributed by atoms with Gasteiger partial charge < -0.3 is 5.73 Å². The average Bonchev–Trinajstić information content (AvgIpc) is 2.70. The molecule has 6 heteroatoms. The maximum atomic E-state index is 12.5. The number of nitrogens with two attached hydrogens (primary N) is 1. The van der Waals surface area contributed by atoms with Crippen LogP contribution in [0.25, 0.3) is 0 Å². The molecule has 1 fully saturated rings. The van der Waals surface area contributed by atoms with Crippen molar-refractivity contribution in [2.24, 2.45) is 17.6 Å². The van der Waals surface area contributed by atoms with Gasteiger partial charge in [0.2, 0.25) is 10.0 Å². The molecule has 0 spiro atoms. The van der Waals surface area contributed by atoms with Crippen LogP contribution in [0.5, 0.6) is 0 Å². The first-order valence-corrected chi connectivity index (χ1v) is 9.13. The second-order valence-electron chi connectivity index (χ2n) is 5.61. The summed E-state index contributed by atoms with van der Waals surface area (Å²) in [5.74, 6) is 0.919. The average molecular weight is 361 g/mol. The lowest BCUT2D eigenvalue weighted by atomic mass is 9.98. The molecule has 0 aromatic heterocycles. The van der Waals surface area contributed by atoms with Crippen LogP contribution in [-0.2, 0) is 16.6 Å². The third-order valence-corrected chi connectivity index (χ3v) is 6.78. The summed E-state index contributed by atoms with van der Waals surface area (Å²) in [6.07, 6.45) is 1.97. The number of halogens is 1. The van der Waals surface area contributed by atoms with Crippen LogP contribution in [0.3, 0.4) is 0 Å². The normalized spacial score (nSPS) is 26.9. The molecule has 112 valence electrons. The van der Waals surface area contributed by atoms with Crippen molar-refractivity contribution in [2.75, 3.05) is 0 Å². The van der Waals surface area contributed by atoms with E-state index in [4.69, 9.17) is 5.73 Å². The van der Waals surface area contributed by atoms with E-state index in [1.54, 1.807) is 12.1 Å². The van der Waals surface area contributed by atoms with Gasteiger partial charge in [0.25, 0.3) is 0 Å². The van der Waals surface area contributed by atoms with Crippen LogP contribution in [0, 0.1) is 11.8 Å². The van der Waals surface area contributed by atoms with Gasteiger partial charge in [-0.05, 0) is 58.3 Å². The van der Waals surface area contributed by atoms with Gasteiger partial charge in [-0.3, -0.25) is 0 Å². The zero-order valence-corrected chi connectivity index (χ0v) is 14.2. The highest BCUT2D eigenvalue weighted by atomic mass is 79.9. The number of hydrogen-bond donors (Lipinski definition) is 2. The Morgan fingerprint density at radius 1 is 1.35 bits per heavy atom. The number of nitrogens with one attached hydrogen (secondary N) is 1. The molecule has 0 saturated heterocycles. The van der Waals surface area contributed by atoms with Crippen molar-refractivity contribution in [1.29, 1.82) is 0 Å². The molecule has 0 heterocycles. The van der Waals surface area contributed by atoms with E-state index in [0.29, 0.717) is 22.9 Å². The van der Waals surface area contributed by atoms with Gasteiger partial charge in [0, 0.05) is 17.1 Å². The molecule has 1 aromatic carbocycles. The summed E-state index contributed by atoms with van der Waals surface area (Å²) in [6, 6.07) is 5.21. The molecule has 1 aromatic rings. The van der Waals surface area contributed by atoms with Crippen LogP contribution >= 0.6 is 15.9 Å². The Kier molecular flexibility index (Phi) is 4.89. The smallest absolute Gasteiger partial charge is 0.241 e. The third kappa shape index (κ3) is 3.24. The van der Waals surface area contributed by atoms with E-state index in [1.807, 2.05) is 6.07 Å². The van der Waals surface area contributed by atoms with Gasteiger partial charge in [-0.2, -0.15) is 0 Å². The monoisotopic (exact) mass is 360 g/mol. The largest absolute Gasteiger partial charge is 0.326 e. The number of hydrogen-bond acceptors (Lipinski definition) is 3. The van der Waals surface area contributed by atoms with E-state index < -0.39 is 10.0 Å². The Labute approximate surface area is 129 Å². The van der Waals surface area contributed by atoms with Gasteiger partial charge >= 0.3 is 0 Å². The summed E-state index contributed by atoms with van der Waals surface area (Å²) in [5, 5.41) is 0. The second kappa shape index (κ2) is 6.13. The molecule has 3 atom stereocenters. The van der Waals surface area contributed by atoms with Crippen molar-refractivity contribution in [3.05, 3.63) is 28.2 Å². The molecule has 3 N–H and O–H groups in total. The van der Waals surface area contributed by atoms with Crippen LogP contribution in [0.15, 0.2) is 27.6 Å². The Bertz CT molecular complexity index is 589. The summed E-state index contributed by atoms with van der Waals surface area (Å²) in [7, 11) is -3.52. The maximum absolute atomic E-state index is 12.5. The zero-order chi connectivity index (χ0) is 14.9. The molecule has 1 aliphatic rings.